The lowest BCUT2D eigenvalue weighted by atomic mass is 9.69. The molecule has 0 saturated carbocycles. The third kappa shape index (κ3) is 3.08. The first-order chi connectivity index (χ1) is 16.9. The van der Waals surface area contributed by atoms with Crippen molar-refractivity contribution in [2.75, 3.05) is 16.9 Å². The standard InChI is InChI=1S/C26H20FN3O4S/c27-17-10-8-15(9-11-17)24(31)23-22(16-4-3-5-18(12-16)30(33)34)21-13-35-14-29(21)26(23)19-6-1-2-7-20(19)28-25(26)32/h1-12,21-23H,13-14H2,(H,28,32)/t21-,22+,23-,26+/m0/s1. The van der Waals surface area contributed by atoms with E-state index in [0.717, 1.165) is 5.56 Å². The Labute approximate surface area is 204 Å². The van der Waals surface area contributed by atoms with Gasteiger partial charge in [0, 0.05) is 52.5 Å². The molecule has 3 aromatic carbocycles. The number of para-hydroxylation sites is 1. The number of fused-ring (bicyclic) bond motifs is 4. The number of amides is 1. The Hall–Kier alpha value is -3.56. The van der Waals surface area contributed by atoms with Crippen molar-refractivity contribution >= 4 is 34.8 Å². The molecule has 1 amide bonds. The molecule has 0 aliphatic carbocycles. The third-order valence-corrected chi connectivity index (χ3v) is 8.44. The molecule has 176 valence electrons. The lowest BCUT2D eigenvalue weighted by Gasteiger charge is -2.36. The van der Waals surface area contributed by atoms with Crippen molar-refractivity contribution in [3.05, 3.63) is 105 Å². The molecular weight excluding hydrogens is 469 g/mol. The van der Waals surface area contributed by atoms with Gasteiger partial charge in [-0.15, -0.1) is 11.8 Å². The molecular formula is C26H20FN3O4S. The second-order valence-electron chi connectivity index (χ2n) is 9.03. The monoisotopic (exact) mass is 489 g/mol. The van der Waals surface area contributed by atoms with Gasteiger partial charge in [-0.3, -0.25) is 24.6 Å². The molecule has 3 aromatic rings. The summed E-state index contributed by atoms with van der Waals surface area (Å²) in [5, 5.41) is 14.5. The summed E-state index contributed by atoms with van der Waals surface area (Å²) < 4.78 is 13.7. The third-order valence-electron chi connectivity index (χ3n) is 7.41. The number of Topliss-reactive ketones (excluding diaryl/α,β-unsaturated/α-hetero) is 1. The van der Waals surface area contributed by atoms with Gasteiger partial charge in [0.2, 0.25) is 5.91 Å². The smallest absolute Gasteiger partial charge is 0.269 e. The second-order valence-corrected chi connectivity index (χ2v) is 10.0. The fraction of sp³-hybridized carbons (Fsp3) is 0.231. The molecule has 3 heterocycles. The number of halogens is 1. The zero-order chi connectivity index (χ0) is 24.3. The lowest BCUT2D eigenvalue weighted by molar-refractivity contribution is -0.384. The van der Waals surface area contributed by atoms with Crippen molar-refractivity contribution in [2.45, 2.75) is 17.5 Å². The summed E-state index contributed by atoms with van der Waals surface area (Å²) in [6.45, 7) is 0. The highest BCUT2D eigenvalue weighted by Crippen LogP contribution is 2.61. The Balaban J connectivity index is 1.61. The van der Waals surface area contributed by atoms with Crippen molar-refractivity contribution in [3.63, 3.8) is 0 Å². The van der Waals surface area contributed by atoms with Gasteiger partial charge in [0.1, 0.15) is 11.4 Å². The Kier molecular flexibility index (Phi) is 5.01. The maximum Gasteiger partial charge on any atom is 0.269 e. The van der Waals surface area contributed by atoms with E-state index in [0.29, 0.717) is 28.4 Å². The van der Waals surface area contributed by atoms with Gasteiger partial charge < -0.3 is 5.32 Å². The Bertz CT molecular complexity index is 1380. The van der Waals surface area contributed by atoms with Gasteiger partial charge >= 0.3 is 0 Å². The highest BCUT2D eigenvalue weighted by molar-refractivity contribution is 7.99. The van der Waals surface area contributed by atoms with Gasteiger partial charge in [0.15, 0.2) is 5.78 Å². The molecule has 0 aromatic heterocycles. The van der Waals surface area contributed by atoms with E-state index in [1.165, 1.54) is 36.4 Å². The summed E-state index contributed by atoms with van der Waals surface area (Å²) in [6.07, 6.45) is 0. The average Bonchev–Trinajstić information content (AvgIpc) is 3.52. The molecule has 35 heavy (non-hydrogen) atoms. The number of nitrogens with one attached hydrogen (secondary N) is 1. The average molecular weight is 490 g/mol. The van der Waals surface area contributed by atoms with Crippen LogP contribution in [0.4, 0.5) is 15.8 Å². The first-order valence-corrected chi connectivity index (χ1v) is 12.4. The molecule has 0 bridgehead atoms. The van der Waals surface area contributed by atoms with Gasteiger partial charge in [-0.1, -0.05) is 30.3 Å². The van der Waals surface area contributed by atoms with Crippen molar-refractivity contribution in [1.29, 1.82) is 0 Å². The van der Waals surface area contributed by atoms with E-state index in [1.54, 1.807) is 23.9 Å². The number of benzene rings is 3. The summed E-state index contributed by atoms with van der Waals surface area (Å²) in [7, 11) is 0. The van der Waals surface area contributed by atoms with Crippen LogP contribution in [0.1, 0.15) is 27.4 Å². The van der Waals surface area contributed by atoms with Crippen LogP contribution in [0.5, 0.6) is 0 Å². The Morgan fingerprint density at radius 3 is 2.66 bits per heavy atom. The van der Waals surface area contributed by atoms with E-state index in [4.69, 9.17) is 0 Å². The fourth-order valence-electron chi connectivity index (χ4n) is 6.04. The van der Waals surface area contributed by atoms with Crippen LogP contribution in [-0.4, -0.2) is 39.2 Å². The highest BCUT2D eigenvalue weighted by Gasteiger charge is 2.69. The maximum absolute atomic E-state index is 14.2. The maximum atomic E-state index is 14.2. The van der Waals surface area contributed by atoms with Crippen molar-refractivity contribution in [3.8, 4) is 0 Å². The van der Waals surface area contributed by atoms with Crippen LogP contribution in [0.15, 0.2) is 72.8 Å². The van der Waals surface area contributed by atoms with Crippen molar-refractivity contribution < 1.29 is 18.9 Å². The van der Waals surface area contributed by atoms with E-state index in [-0.39, 0.29) is 23.4 Å². The SMILES string of the molecule is O=C(c1ccc(F)cc1)[C@@H]1[C@H](c2cccc([N+](=O)[O-])c2)[C@@H]2CSCN2[C@@]12C(=O)Nc1ccccc12. The van der Waals surface area contributed by atoms with Crippen LogP contribution >= 0.6 is 11.8 Å². The summed E-state index contributed by atoms with van der Waals surface area (Å²) in [6, 6.07) is 18.9. The summed E-state index contributed by atoms with van der Waals surface area (Å²) in [5.74, 6) is -1.13. The van der Waals surface area contributed by atoms with Gasteiger partial charge in [-0.2, -0.15) is 0 Å². The van der Waals surface area contributed by atoms with Crippen LogP contribution < -0.4 is 5.32 Å². The molecule has 3 aliphatic rings. The van der Waals surface area contributed by atoms with Gasteiger partial charge in [-0.25, -0.2) is 4.39 Å². The molecule has 0 unspecified atom stereocenters. The number of non-ortho nitro benzene ring substituents is 1. The lowest BCUT2D eigenvalue weighted by Crippen LogP contribution is -2.52. The first kappa shape index (κ1) is 21.9. The number of thioether (sulfide) groups is 1. The van der Waals surface area contributed by atoms with Crippen LogP contribution in [0.25, 0.3) is 0 Å². The first-order valence-electron chi connectivity index (χ1n) is 11.2. The van der Waals surface area contributed by atoms with Crippen molar-refractivity contribution in [1.82, 2.24) is 4.90 Å². The Morgan fingerprint density at radius 2 is 1.89 bits per heavy atom. The minimum absolute atomic E-state index is 0.0649. The van der Waals surface area contributed by atoms with Crippen molar-refractivity contribution in [2.24, 2.45) is 5.92 Å². The largest absolute Gasteiger partial charge is 0.324 e. The van der Waals surface area contributed by atoms with Gasteiger partial charge in [0.25, 0.3) is 5.69 Å². The van der Waals surface area contributed by atoms with Crippen LogP contribution in [0, 0.1) is 21.8 Å². The number of nitrogens with zero attached hydrogens (tertiary/aromatic N) is 2. The van der Waals surface area contributed by atoms with Crippen LogP contribution in [0.2, 0.25) is 0 Å². The van der Waals surface area contributed by atoms with E-state index in [2.05, 4.69) is 10.2 Å². The molecule has 6 rings (SSSR count). The number of carbonyl (C=O) groups is 2. The highest BCUT2D eigenvalue weighted by atomic mass is 32.2. The molecule has 4 atom stereocenters. The van der Waals surface area contributed by atoms with Gasteiger partial charge in [-0.05, 0) is 35.9 Å². The number of ketones is 1. The number of nitro benzene ring substituents is 1. The number of anilines is 1. The summed E-state index contributed by atoms with van der Waals surface area (Å²) in [4.78, 5) is 41.3. The van der Waals surface area contributed by atoms with Gasteiger partial charge in [0.05, 0.1) is 10.8 Å². The van der Waals surface area contributed by atoms with E-state index in [1.807, 2.05) is 24.3 Å². The van der Waals surface area contributed by atoms with Crippen LogP contribution in [-0.2, 0) is 10.3 Å². The quantitative estimate of drug-likeness (QED) is 0.328. The number of nitro groups is 1. The fourth-order valence-corrected chi connectivity index (χ4v) is 7.37. The molecule has 0 radical (unpaired) electrons. The minimum atomic E-state index is -1.27. The normalized spacial score (nSPS) is 27.0. The molecule has 3 aliphatic heterocycles. The number of carbonyl (C=O) groups excluding carboxylic acids is 2. The molecule has 1 N–H and O–H groups in total. The topological polar surface area (TPSA) is 92.5 Å². The number of hydrogen-bond acceptors (Lipinski definition) is 6. The van der Waals surface area contributed by atoms with E-state index >= 15 is 0 Å². The van der Waals surface area contributed by atoms with E-state index < -0.39 is 28.1 Å². The molecule has 9 heteroatoms. The zero-order valence-corrected chi connectivity index (χ0v) is 19.2. The summed E-state index contributed by atoms with van der Waals surface area (Å²) >= 11 is 1.68. The molecule has 2 saturated heterocycles. The minimum Gasteiger partial charge on any atom is -0.324 e. The Morgan fingerprint density at radius 1 is 1.11 bits per heavy atom. The second kappa shape index (κ2) is 8.00. The van der Waals surface area contributed by atoms with Crippen LogP contribution in [0.3, 0.4) is 0 Å². The predicted octanol–water partition coefficient (Wildman–Crippen LogP) is 4.55. The summed E-state index contributed by atoms with van der Waals surface area (Å²) in [5.41, 5.74) is 0.995. The van der Waals surface area contributed by atoms with E-state index in [9.17, 15) is 24.1 Å². The number of rotatable bonds is 4. The predicted molar refractivity (Wildman–Crippen MR) is 130 cm³/mol. The number of hydrogen-bond donors (Lipinski definition) is 1. The zero-order valence-electron chi connectivity index (χ0n) is 18.4. The molecule has 1 spiro atoms. The molecule has 2 fully saturated rings. The molecule has 7 nitrogen and oxygen atoms in total.